The molecule has 0 fully saturated rings. The molecule has 0 radical (unpaired) electrons. The molecule has 0 spiro atoms. The molecule has 1 N–H and O–H groups in total. The lowest BCUT2D eigenvalue weighted by Crippen LogP contribution is -2.16. The highest BCUT2D eigenvalue weighted by Crippen LogP contribution is 2.06. The Labute approximate surface area is 67.0 Å². The van der Waals surface area contributed by atoms with Crippen LogP contribution in [-0.2, 0) is 10.1 Å². The molecule has 0 aromatic rings. The van der Waals surface area contributed by atoms with E-state index in [-0.39, 0.29) is 0 Å². The largest absolute Gasteiger partial charge is 0.285 e. The molecule has 0 amide bonds. The molecule has 0 saturated carbocycles. The Balaban J connectivity index is 3.75. The molecule has 0 aromatic carbocycles. The smallest absolute Gasteiger partial charge is 0.267 e. The van der Waals surface area contributed by atoms with Crippen LogP contribution in [0.2, 0.25) is 0 Å². The molecular formula is C5H12O3S2. The molecule has 0 aliphatic heterocycles. The molecule has 1 atom stereocenters. The minimum atomic E-state index is -3.81. The maximum Gasteiger partial charge on any atom is 0.267 e. The van der Waals surface area contributed by atoms with E-state index in [9.17, 15) is 8.42 Å². The zero-order chi connectivity index (χ0) is 8.20. The van der Waals surface area contributed by atoms with Gasteiger partial charge in [0.1, 0.15) is 0 Å². The lowest BCUT2D eigenvalue weighted by atomic mass is 10.3. The first kappa shape index (κ1) is 10.3. The van der Waals surface area contributed by atoms with Crippen LogP contribution in [0.25, 0.3) is 0 Å². The Morgan fingerprint density at radius 1 is 1.60 bits per heavy atom. The summed E-state index contributed by atoms with van der Waals surface area (Å²) in [4.78, 5) is 0. The summed E-state index contributed by atoms with van der Waals surface area (Å²) in [5.74, 6) is 0.653. The highest BCUT2D eigenvalue weighted by molar-refractivity contribution is 7.86. The van der Waals surface area contributed by atoms with Crippen molar-refractivity contribution in [3.05, 3.63) is 0 Å². The van der Waals surface area contributed by atoms with E-state index >= 15 is 0 Å². The Kier molecular flexibility index (Phi) is 4.31. The van der Waals surface area contributed by atoms with Crippen molar-refractivity contribution in [2.75, 3.05) is 5.75 Å². The third-order valence-electron chi connectivity index (χ3n) is 1.28. The van der Waals surface area contributed by atoms with E-state index in [1.54, 1.807) is 0 Å². The first-order chi connectivity index (χ1) is 4.48. The van der Waals surface area contributed by atoms with Crippen LogP contribution < -0.4 is 0 Å². The monoisotopic (exact) mass is 184 g/mol. The first-order valence-corrected chi connectivity index (χ1v) is 5.19. The van der Waals surface area contributed by atoms with Gasteiger partial charge in [0.05, 0.1) is 5.25 Å². The lowest BCUT2D eigenvalue weighted by molar-refractivity contribution is 0.465. The SMILES string of the molecule is CC(CCCS)S(=O)(=O)O. The van der Waals surface area contributed by atoms with Gasteiger partial charge in [-0.05, 0) is 25.5 Å². The predicted octanol–water partition coefficient (Wildman–Crippen LogP) is 0.973. The number of hydrogen-bond donors (Lipinski definition) is 2. The zero-order valence-corrected chi connectivity index (χ0v) is 7.53. The van der Waals surface area contributed by atoms with Crippen molar-refractivity contribution >= 4 is 22.7 Å². The second kappa shape index (κ2) is 4.20. The second-order valence-corrected chi connectivity index (χ2v) is 4.47. The Hall–Kier alpha value is 0.260. The van der Waals surface area contributed by atoms with Gasteiger partial charge >= 0.3 is 0 Å². The molecule has 0 rings (SSSR count). The molecule has 0 heterocycles. The quantitative estimate of drug-likeness (QED) is 0.505. The Morgan fingerprint density at radius 3 is 2.40 bits per heavy atom. The van der Waals surface area contributed by atoms with Crippen LogP contribution in [0.15, 0.2) is 0 Å². The van der Waals surface area contributed by atoms with Crippen molar-refractivity contribution in [3.63, 3.8) is 0 Å². The molecular weight excluding hydrogens is 172 g/mol. The average molecular weight is 184 g/mol. The molecule has 0 aliphatic rings. The number of thiol groups is 1. The first-order valence-electron chi connectivity index (χ1n) is 3.05. The van der Waals surface area contributed by atoms with Crippen LogP contribution in [-0.4, -0.2) is 24.0 Å². The van der Waals surface area contributed by atoms with Gasteiger partial charge < -0.3 is 0 Å². The van der Waals surface area contributed by atoms with Gasteiger partial charge in [0.2, 0.25) is 0 Å². The molecule has 5 heteroatoms. The minimum Gasteiger partial charge on any atom is -0.285 e. The third-order valence-corrected chi connectivity index (χ3v) is 2.85. The van der Waals surface area contributed by atoms with E-state index in [0.717, 1.165) is 0 Å². The van der Waals surface area contributed by atoms with Gasteiger partial charge in [-0.15, -0.1) is 0 Å². The number of rotatable bonds is 4. The summed E-state index contributed by atoms with van der Waals surface area (Å²) in [5, 5.41) is -0.653. The van der Waals surface area contributed by atoms with E-state index in [2.05, 4.69) is 12.6 Å². The van der Waals surface area contributed by atoms with Gasteiger partial charge in [-0.2, -0.15) is 21.0 Å². The zero-order valence-electron chi connectivity index (χ0n) is 5.82. The van der Waals surface area contributed by atoms with E-state index in [4.69, 9.17) is 4.55 Å². The van der Waals surface area contributed by atoms with E-state index in [1.807, 2.05) is 0 Å². The van der Waals surface area contributed by atoms with Crippen molar-refractivity contribution in [2.45, 2.75) is 25.0 Å². The van der Waals surface area contributed by atoms with Gasteiger partial charge in [-0.3, -0.25) is 4.55 Å². The van der Waals surface area contributed by atoms with Crippen molar-refractivity contribution in [3.8, 4) is 0 Å². The van der Waals surface area contributed by atoms with Crippen molar-refractivity contribution in [1.29, 1.82) is 0 Å². The van der Waals surface area contributed by atoms with Crippen molar-refractivity contribution < 1.29 is 13.0 Å². The van der Waals surface area contributed by atoms with Gasteiger partial charge in [-0.1, -0.05) is 0 Å². The lowest BCUT2D eigenvalue weighted by Gasteiger charge is -2.04. The molecule has 0 bridgehead atoms. The van der Waals surface area contributed by atoms with Gasteiger partial charge in [0.15, 0.2) is 0 Å². The maximum absolute atomic E-state index is 10.4. The van der Waals surface area contributed by atoms with Crippen LogP contribution in [0.3, 0.4) is 0 Å². The average Bonchev–Trinajstić information content (AvgIpc) is 1.80. The molecule has 10 heavy (non-hydrogen) atoms. The van der Waals surface area contributed by atoms with E-state index in [0.29, 0.717) is 18.6 Å². The highest BCUT2D eigenvalue weighted by atomic mass is 32.2. The number of hydrogen-bond acceptors (Lipinski definition) is 3. The summed E-state index contributed by atoms with van der Waals surface area (Å²) in [7, 11) is -3.81. The third kappa shape index (κ3) is 4.14. The van der Waals surface area contributed by atoms with Gasteiger partial charge in [-0.25, -0.2) is 0 Å². The van der Waals surface area contributed by atoms with Crippen molar-refractivity contribution in [1.82, 2.24) is 0 Å². The van der Waals surface area contributed by atoms with Gasteiger partial charge in [0, 0.05) is 0 Å². The Morgan fingerprint density at radius 2 is 2.10 bits per heavy atom. The summed E-state index contributed by atoms with van der Waals surface area (Å²) < 4.78 is 29.2. The molecule has 0 aromatic heterocycles. The fourth-order valence-electron chi connectivity index (χ4n) is 0.528. The van der Waals surface area contributed by atoms with Gasteiger partial charge in [0.25, 0.3) is 10.1 Å². The standard InChI is InChI=1S/C5H12O3S2/c1-5(3-2-4-9)10(6,7)8/h5,9H,2-4H2,1H3,(H,6,7,8). The molecule has 62 valence electrons. The topological polar surface area (TPSA) is 54.4 Å². The van der Waals surface area contributed by atoms with Crippen molar-refractivity contribution in [2.24, 2.45) is 0 Å². The normalized spacial score (nSPS) is 15.1. The highest BCUT2D eigenvalue weighted by Gasteiger charge is 2.15. The predicted molar refractivity (Wildman–Crippen MR) is 44.1 cm³/mol. The van der Waals surface area contributed by atoms with Crippen LogP contribution in [0.5, 0.6) is 0 Å². The Bertz CT molecular complexity index is 173. The van der Waals surface area contributed by atoms with E-state index in [1.165, 1.54) is 6.92 Å². The van der Waals surface area contributed by atoms with Crippen LogP contribution in [0.1, 0.15) is 19.8 Å². The molecule has 3 nitrogen and oxygen atoms in total. The van der Waals surface area contributed by atoms with E-state index < -0.39 is 15.4 Å². The molecule has 0 aliphatic carbocycles. The van der Waals surface area contributed by atoms with Crippen LogP contribution in [0.4, 0.5) is 0 Å². The summed E-state index contributed by atoms with van der Waals surface area (Å²) >= 11 is 3.91. The summed E-state index contributed by atoms with van der Waals surface area (Å²) in [6.45, 7) is 1.48. The maximum atomic E-state index is 10.4. The fraction of sp³-hybridized carbons (Fsp3) is 1.00. The minimum absolute atomic E-state index is 0.475. The summed E-state index contributed by atoms with van der Waals surface area (Å²) in [6, 6.07) is 0. The van der Waals surface area contributed by atoms with Crippen LogP contribution in [0, 0.1) is 0 Å². The fourth-order valence-corrected chi connectivity index (χ4v) is 1.17. The summed E-state index contributed by atoms with van der Waals surface area (Å²) in [5.41, 5.74) is 0. The molecule has 0 saturated heterocycles. The second-order valence-electron chi connectivity index (χ2n) is 2.19. The van der Waals surface area contributed by atoms with Crippen LogP contribution >= 0.6 is 12.6 Å². The summed E-state index contributed by atoms with van der Waals surface area (Å²) in [6.07, 6.45) is 1.19. The molecule has 1 unspecified atom stereocenters.